The molecule has 0 fully saturated rings. The number of methoxy groups -OCH3 is 1. The van der Waals surface area contributed by atoms with Crippen LogP contribution in [0.2, 0.25) is 0 Å². The summed E-state index contributed by atoms with van der Waals surface area (Å²) in [5.41, 5.74) is 4.24. The van der Waals surface area contributed by atoms with E-state index in [4.69, 9.17) is 10.5 Å². The Morgan fingerprint density at radius 2 is 1.65 bits per heavy atom. The molecule has 0 aromatic rings. The molecule has 0 aliphatic carbocycles. The van der Waals surface area contributed by atoms with Crippen LogP contribution in [-0.4, -0.2) is 43.0 Å². The van der Waals surface area contributed by atoms with Crippen LogP contribution in [-0.2, 0) is 23.9 Å². The highest BCUT2D eigenvalue weighted by molar-refractivity contribution is 5.93. The van der Waals surface area contributed by atoms with Gasteiger partial charge in [-0.3, -0.25) is 14.4 Å². The summed E-state index contributed by atoms with van der Waals surface area (Å²) in [6, 6.07) is 0. The van der Waals surface area contributed by atoms with Gasteiger partial charge in [-0.05, 0) is 27.7 Å². The summed E-state index contributed by atoms with van der Waals surface area (Å²) >= 11 is 0. The molecule has 3 N–H and O–H groups in total. The fourth-order valence-electron chi connectivity index (χ4n) is 0.749. The maximum absolute atomic E-state index is 10.8. The van der Waals surface area contributed by atoms with Crippen LogP contribution in [0.15, 0.2) is 0 Å². The molecule has 0 rings (SSSR count). The van der Waals surface area contributed by atoms with E-state index >= 15 is 0 Å². The maximum atomic E-state index is 10.8. The van der Waals surface area contributed by atoms with Crippen molar-refractivity contribution < 1.29 is 28.7 Å². The lowest BCUT2D eigenvalue weighted by Gasteiger charge is -2.19. The molecule has 0 aromatic carbocycles. The normalized spacial score (nSPS) is 9.65. The van der Waals surface area contributed by atoms with Gasteiger partial charge in [0.1, 0.15) is 17.8 Å². The van der Waals surface area contributed by atoms with Crippen LogP contribution >= 0.6 is 0 Å². The zero-order valence-corrected chi connectivity index (χ0v) is 12.4. The van der Waals surface area contributed by atoms with Crippen LogP contribution in [0.25, 0.3) is 0 Å². The van der Waals surface area contributed by atoms with Gasteiger partial charge in [0.05, 0.1) is 13.7 Å². The Balaban J connectivity index is 0. The number of carbonyl (C=O) groups excluding carboxylic acids is 4. The molecule has 20 heavy (non-hydrogen) atoms. The molecule has 2 amide bonds. The number of amides is 2. The van der Waals surface area contributed by atoms with Crippen molar-refractivity contribution in [2.75, 3.05) is 13.7 Å². The number of ether oxygens (including phenoxy) is 2. The fourth-order valence-corrected chi connectivity index (χ4v) is 0.749. The molecule has 0 atom stereocenters. The molecule has 0 aliphatic heterocycles. The first kappa shape index (κ1) is 20.2. The van der Waals surface area contributed by atoms with E-state index in [1.807, 2.05) is 0 Å². The number of nitrogens with two attached hydrogens (primary N) is 1. The predicted molar refractivity (Wildman–Crippen MR) is 70.7 cm³/mol. The molecule has 116 valence electrons. The molecule has 0 spiro atoms. The second kappa shape index (κ2) is 9.76. The number of ketones is 1. The van der Waals surface area contributed by atoms with Crippen LogP contribution < -0.4 is 11.1 Å². The SMILES string of the molecule is CC(C)(C)OC(=O)NCC(N)=O.COC(=O)CC(C)=O. The first-order chi connectivity index (χ1) is 8.97. The van der Waals surface area contributed by atoms with Gasteiger partial charge in [-0.2, -0.15) is 0 Å². The monoisotopic (exact) mass is 290 g/mol. The lowest BCUT2D eigenvalue weighted by atomic mass is 10.2. The highest BCUT2D eigenvalue weighted by Gasteiger charge is 2.15. The van der Waals surface area contributed by atoms with E-state index in [-0.39, 0.29) is 18.7 Å². The lowest BCUT2D eigenvalue weighted by molar-refractivity contribution is -0.143. The van der Waals surface area contributed by atoms with Gasteiger partial charge in [0.15, 0.2) is 0 Å². The summed E-state index contributed by atoms with van der Waals surface area (Å²) in [4.78, 5) is 41.3. The first-order valence-electron chi connectivity index (χ1n) is 5.79. The largest absolute Gasteiger partial charge is 0.469 e. The minimum Gasteiger partial charge on any atom is -0.469 e. The summed E-state index contributed by atoms with van der Waals surface area (Å²) in [5.74, 6) is -1.24. The Labute approximate surface area is 118 Å². The molecule has 0 unspecified atom stereocenters. The van der Waals surface area contributed by atoms with Crippen LogP contribution in [0.5, 0.6) is 0 Å². The minimum absolute atomic E-state index is 0.115. The number of Topliss-reactive ketones (excluding diaryl/α,β-unsaturated/α-hetero) is 1. The number of alkyl carbamates (subject to hydrolysis) is 1. The van der Waals surface area contributed by atoms with Crippen molar-refractivity contribution in [2.45, 2.75) is 39.7 Å². The second-order valence-electron chi connectivity index (χ2n) is 4.78. The van der Waals surface area contributed by atoms with E-state index in [0.717, 1.165) is 0 Å². The average Bonchev–Trinajstić information content (AvgIpc) is 2.24. The zero-order chi connectivity index (χ0) is 16.3. The molecule has 0 aromatic heterocycles. The van der Waals surface area contributed by atoms with Gasteiger partial charge in [0, 0.05) is 0 Å². The van der Waals surface area contributed by atoms with E-state index in [1.54, 1.807) is 20.8 Å². The summed E-state index contributed by atoms with van der Waals surface area (Å²) in [6.45, 7) is 6.34. The van der Waals surface area contributed by atoms with Crippen LogP contribution in [0.1, 0.15) is 34.1 Å². The number of rotatable bonds is 4. The standard InChI is InChI=1S/C7H14N2O3.C5H8O3/c1-7(2,3)12-6(11)9-4-5(8)10;1-4(6)3-5(7)8-2/h4H2,1-3H3,(H2,8,10)(H,9,11);3H2,1-2H3. The van der Waals surface area contributed by atoms with E-state index in [9.17, 15) is 19.2 Å². The van der Waals surface area contributed by atoms with E-state index < -0.39 is 23.6 Å². The minimum atomic E-state index is -0.638. The summed E-state index contributed by atoms with van der Waals surface area (Å²) in [6.07, 6.45) is -0.752. The van der Waals surface area contributed by atoms with Crippen molar-refractivity contribution in [2.24, 2.45) is 5.73 Å². The highest BCUT2D eigenvalue weighted by Crippen LogP contribution is 2.05. The van der Waals surface area contributed by atoms with E-state index in [0.29, 0.717) is 0 Å². The van der Waals surface area contributed by atoms with Crippen molar-refractivity contribution in [1.82, 2.24) is 5.32 Å². The summed E-state index contributed by atoms with van der Waals surface area (Å²) < 4.78 is 9.03. The molecule has 0 saturated heterocycles. The van der Waals surface area contributed by atoms with Crippen LogP contribution in [0, 0.1) is 0 Å². The third-order valence-corrected chi connectivity index (χ3v) is 1.43. The summed E-state index contributed by atoms with van der Waals surface area (Å²) in [7, 11) is 1.26. The Kier molecular flexibility index (Phi) is 9.86. The number of nitrogens with one attached hydrogen (secondary N) is 1. The number of hydrogen-bond acceptors (Lipinski definition) is 6. The molecule has 0 radical (unpaired) electrons. The molecule has 8 nitrogen and oxygen atoms in total. The molecular weight excluding hydrogens is 268 g/mol. The van der Waals surface area contributed by atoms with Crippen LogP contribution in [0.4, 0.5) is 4.79 Å². The Morgan fingerprint density at radius 3 is 1.90 bits per heavy atom. The number of carbonyl (C=O) groups is 4. The van der Waals surface area contributed by atoms with Gasteiger partial charge in [-0.1, -0.05) is 0 Å². The van der Waals surface area contributed by atoms with Gasteiger partial charge in [0.2, 0.25) is 5.91 Å². The van der Waals surface area contributed by atoms with E-state index in [2.05, 4.69) is 10.1 Å². The van der Waals surface area contributed by atoms with Crippen molar-refractivity contribution in [3.8, 4) is 0 Å². The number of esters is 1. The Morgan fingerprint density at radius 1 is 1.15 bits per heavy atom. The Bertz CT molecular complexity index is 359. The molecule has 0 heterocycles. The van der Waals surface area contributed by atoms with Gasteiger partial charge in [-0.15, -0.1) is 0 Å². The number of hydrogen-bond donors (Lipinski definition) is 2. The topological polar surface area (TPSA) is 125 Å². The molecule has 0 bridgehead atoms. The average molecular weight is 290 g/mol. The van der Waals surface area contributed by atoms with Crippen molar-refractivity contribution >= 4 is 23.8 Å². The second-order valence-corrected chi connectivity index (χ2v) is 4.78. The van der Waals surface area contributed by atoms with Gasteiger partial charge in [-0.25, -0.2) is 4.79 Å². The quantitative estimate of drug-likeness (QED) is 0.560. The van der Waals surface area contributed by atoms with Gasteiger partial charge in [0.25, 0.3) is 0 Å². The lowest BCUT2D eigenvalue weighted by Crippen LogP contribution is -2.37. The third-order valence-electron chi connectivity index (χ3n) is 1.43. The zero-order valence-electron chi connectivity index (χ0n) is 12.4. The molecule has 0 saturated carbocycles. The van der Waals surface area contributed by atoms with Gasteiger partial charge < -0.3 is 20.5 Å². The molecular formula is C12H22N2O6. The fraction of sp³-hybridized carbons (Fsp3) is 0.667. The third kappa shape index (κ3) is 18.3. The predicted octanol–water partition coefficient (Wildman–Crippen LogP) is 0.135. The van der Waals surface area contributed by atoms with Crippen molar-refractivity contribution in [3.63, 3.8) is 0 Å². The number of primary amides is 1. The van der Waals surface area contributed by atoms with Crippen LogP contribution in [0.3, 0.4) is 0 Å². The van der Waals surface area contributed by atoms with Crippen molar-refractivity contribution in [3.05, 3.63) is 0 Å². The van der Waals surface area contributed by atoms with E-state index in [1.165, 1.54) is 14.0 Å². The highest BCUT2D eigenvalue weighted by atomic mass is 16.6. The Hall–Kier alpha value is -2.12. The molecule has 0 aliphatic rings. The smallest absolute Gasteiger partial charge is 0.408 e. The van der Waals surface area contributed by atoms with Crippen molar-refractivity contribution in [1.29, 1.82) is 0 Å². The van der Waals surface area contributed by atoms with Gasteiger partial charge >= 0.3 is 12.1 Å². The first-order valence-corrected chi connectivity index (χ1v) is 5.79. The molecule has 8 heteroatoms. The maximum Gasteiger partial charge on any atom is 0.408 e. The summed E-state index contributed by atoms with van der Waals surface area (Å²) in [5, 5.41) is 2.20.